The number of para-hydroxylation sites is 1. The fourth-order valence-electron chi connectivity index (χ4n) is 2.84. The number of hydrogen-bond donors (Lipinski definition) is 1. The molecule has 0 aliphatic rings. The van der Waals surface area contributed by atoms with Crippen LogP contribution in [0.25, 0.3) is 0 Å². The molecule has 0 fully saturated rings. The maximum atomic E-state index is 12.3. The third-order valence-corrected chi connectivity index (χ3v) is 5.29. The van der Waals surface area contributed by atoms with Gasteiger partial charge >= 0.3 is 5.69 Å². The van der Waals surface area contributed by atoms with Crippen LogP contribution in [0.4, 0.5) is 11.4 Å². The minimum Gasteiger partial charge on any atom is -0.490 e. The van der Waals surface area contributed by atoms with Crippen molar-refractivity contribution in [3.8, 4) is 5.75 Å². The first-order valence-corrected chi connectivity index (χ1v) is 10.6. The number of rotatable bonds is 8. The molecule has 0 heterocycles. The summed E-state index contributed by atoms with van der Waals surface area (Å²) >= 11 is 0. The van der Waals surface area contributed by atoms with Crippen LogP contribution in [0.1, 0.15) is 16.7 Å². The highest BCUT2D eigenvalue weighted by atomic mass is 32.2. The fourth-order valence-corrected chi connectivity index (χ4v) is 3.81. The van der Waals surface area contributed by atoms with Crippen LogP contribution in [0.15, 0.2) is 41.5 Å². The van der Waals surface area contributed by atoms with E-state index >= 15 is 0 Å². The van der Waals surface area contributed by atoms with Crippen LogP contribution in [-0.2, 0) is 14.8 Å². The zero-order chi connectivity index (χ0) is 22.5. The number of hydrazone groups is 1. The quantitative estimate of drug-likeness (QED) is 0.385. The lowest BCUT2D eigenvalue weighted by molar-refractivity contribution is -0.385. The van der Waals surface area contributed by atoms with Gasteiger partial charge in [0.1, 0.15) is 6.54 Å². The average Bonchev–Trinajstić information content (AvgIpc) is 2.66. The van der Waals surface area contributed by atoms with Crippen LogP contribution in [0.3, 0.4) is 0 Å². The standard InChI is InChI=1S/C19H22N4O6S/c1-13-6-5-7-14(2)19(13)22(30(4,27)28)12-18(24)21-20-11-15-8-9-17(29-3)16(10-15)23(25)26/h5-11H,12H2,1-4H3,(H,21,24)/b20-11-. The Balaban J connectivity index is 2.17. The Labute approximate surface area is 174 Å². The number of benzene rings is 2. The topological polar surface area (TPSA) is 131 Å². The van der Waals surface area contributed by atoms with E-state index in [4.69, 9.17) is 4.74 Å². The Morgan fingerprint density at radius 3 is 2.43 bits per heavy atom. The van der Waals surface area contributed by atoms with Crippen LogP contribution >= 0.6 is 0 Å². The number of nitro groups is 1. The number of amides is 1. The van der Waals surface area contributed by atoms with E-state index in [0.29, 0.717) is 22.4 Å². The predicted octanol–water partition coefficient (Wildman–Crippen LogP) is 2.14. The SMILES string of the molecule is COc1ccc(/C=N\NC(=O)CN(c2c(C)cccc2C)S(C)(=O)=O)cc1[N+](=O)[O-]. The molecule has 0 bridgehead atoms. The van der Waals surface area contributed by atoms with E-state index in [0.717, 1.165) is 10.6 Å². The van der Waals surface area contributed by atoms with Crippen molar-refractivity contribution in [2.24, 2.45) is 5.10 Å². The summed E-state index contributed by atoms with van der Waals surface area (Å²) in [4.78, 5) is 22.8. The first-order valence-electron chi connectivity index (χ1n) is 8.73. The Morgan fingerprint density at radius 1 is 1.27 bits per heavy atom. The van der Waals surface area contributed by atoms with E-state index in [1.165, 1.54) is 31.5 Å². The summed E-state index contributed by atoms with van der Waals surface area (Å²) in [7, 11) is -2.41. The number of carbonyl (C=O) groups excluding carboxylic acids is 1. The van der Waals surface area contributed by atoms with Gasteiger partial charge in [-0.25, -0.2) is 13.8 Å². The number of carbonyl (C=O) groups is 1. The van der Waals surface area contributed by atoms with Gasteiger partial charge in [-0.15, -0.1) is 0 Å². The Morgan fingerprint density at radius 2 is 1.90 bits per heavy atom. The van der Waals surface area contributed by atoms with Crippen molar-refractivity contribution in [1.29, 1.82) is 0 Å². The van der Waals surface area contributed by atoms with E-state index in [-0.39, 0.29) is 11.4 Å². The molecule has 10 nitrogen and oxygen atoms in total. The summed E-state index contributed by atoms with van der Waals surface area (Å²) < 4.78 is 30.5. The van der Waals surface area contributed by atoms with Gasteiger partial charge in [-0.1, -0.05) is 18.2 Å². The Kier molecular flexibility index (Phi) is 7.11. The minimum atomic E-state index is -3.73. The second kappa shape index (κ2) is 9.35. The normalized spacial score (nSPS) is 11.3. The molecular formula is C19H22N4O6S. The van der Waals surface area contributed by atoms with Gasteiger partial charge in [0.25, 0.3) is 5.91 Å². The van der Waals surface area contributed by atoms with Gasteiger partial charge in [-0.2, -0.15) is 5.10 Å². The lowest BCUT2D eigenvalue weighted by Crippen LogP contribution is -2.39. The van der Waals surface area contributed by atoms with Gasteiger partial charge in [-0.05, 0) is 37.1 Å². The fraction of sp³-hybridized carbons (Fsp3) is 0.263. The summed E-state index contributed by atoms with van der Waals surface area (Å²) in [5.74, 6) is -0.569. The molecule has 30 heavy (non-hydrogen) atoms. The van der Waals surface area contributed by atoms with Crippen LogP contribution in [0.5, 0.6) is 5.75 Å². The van der Waals surface area contributed by atoms with Crippen molar-refractivity contribution >= 4 is 33.5 Å². The number of ether oxygens (including phenoxy) is 1. The highest BCUT2D eigenvalue weighted by Gasteiger charge is 2.23. The Hall–Kier alpha value is -3.47. The molecule has 0 aromatic heterocycles. The van der Waals surface area contributed by atoms with Crippen LogP contribution in [-0.4, -0.2) is 45.4 Å². The largest absolute Gasteiger partial charge is 0.490 e. The molecule has 0 atom stereocenters. The third-order valence-electron chi connectivity index (χ3n) is 4.18. The van der Waals surface area contributed by atoms with Gasteiger partial charge in [0.05, 0.1) is 30.2 Å². The molecule has 2 aromatic rings. The molecule has 2 rings (SSSR count). The van der Waals surface area contributed by atoms with Crippen LogP contribution in [0.2, 0.25) is 0 Å². The van der Waals surface area contributed by atoms with Crippen molar-refractivity contribution in [2.75, 3.05) is 24.2 Å². The molecule has 2 aromatic carbocycles. The Bertz CT molecular complexity index is 1080. The highest BCUT2D eigenvalue weighted by Crippen LogP contribution is 2.27. The molecule has 0 saturated heterocycles. The molecule has 160 valence electrons. The van der Waals surface area contributed by atoms with E-state index in [1.807, 2.05) is 0 Å². The van der Waals surface area contributed by atoms with Crippen LogP contribution in [0, 0.1) is 24.0 Å². The number of aryl methyl sites for hydroxylation is 2. The summed E-state index contributed by atoms with van der Waals surface area (Å²) in [5, 5.41) is 14.8. The maximum absolute atomic E-state index is 12.3. The number of methoxy groups -OCH3 is 1. The minimum absolute atomic E-state index is 0.0959. The number of nitro benzene ring substituents is 1. The number of sulfonamides is 1. The summed E-state index contributed by atoms with van der Waals surface area (Å²) in [6, 6.07) is 9.50. The average molecular weight is 434 g/mol. The maximum Gasteiger partial charge on any atom is 0.311 e. The molecule has 0 aliphatic heterocycles. The van der Waals surface area contributed by atoms with Crippen molar-refractivity contribution < 1.29 is 22.9 Å². The van der Waals surface area contributed by atoms with E-state index in [9.17, 15) is 23.3 Å². The monoisotopic (exact) mass is 434 g/mol. The molecule has 0 unspecified atom stereocenters. The van der Waals surface area contributed by atoms with Crippen molar-refractivity contribution in [3.63, 3.8) is 0 Å². The molecule has 0 aliphatic carbocycles. The zero-order valence-electron chi connectivity index (χ0n) is 16.9. The van der Waals surface area contributed by atoms with Gasteiger partial charge in [0, 0.05) is 11.6 Å². The highest BCUT2D eigenvalue weighted by molar-refractivity contribution is 7.92. The smallest absolute Gasteiger partial charge is 0.311 e. The third kappa shape index (κ3) is 5.54. The van der Waals surface area contributed by atoms with E-state index in [2.05, 4.69) is 10.5 Å². The second-order valence-corrected chi connectivity index (χ2v) is 8.40. The molecule has 11 heteroatoms. The lowest BCUT2D eigenvalue weighted by atomic mass is 10.1. The number of nitrogens with one attached hydrogen (secondary N) is 1. The predicted molar refractivity (Wildman–Crippen MR) is 113 cm³/mol. The molecule has 0 radical (unpaired) electrons. The number of nitrogens with zero attached hydrogens (tertiary/aromatic N) is 3. The first-order chi connectivity index (χ1) is 14.0. The molecule has 1 N–H and O–H groups in total. The lowest BCUT2D eigenvalue weighted by Gasteiger charge is -2.25. The summed E-state index contributed by atoms with van der Waals surface area (Å²) in [5.41, 5.74) is 4.21. The molecule has 1 amide bonds. The number of anilines is 1. The van der Waals surface area contributed by atoms with Gasteiger partial charge in [0.2, 0.25) is 10.0 Å². The molecule has 0 saturated carbocycles. The molecule has 0 spiro atoms. The summed E-state index contributed by atoms with van der Waals surface area (Å²) in [6.45, 7) is 3.05. The van der Waals surface area contributed by atoms with Crippen LogP contribution < -0.4 is 14.5 Å². The zero-order valence-corrected chi connectivity index (χ0v) is 17.8. The van der Waals surface area contributed by atoms with E-state index < -0.39 is 27.4 Å². The van der Waals surface area contributed by atoms with Gasteiger partial charge < -0.3 is 4.74 Å². The van der Waals surface area contributed by atoms with E-state index in [1.54, 1.807) is 32.0 Å². The second-order valence-electron chi connectivity index (χ2n) is 6.49. The van der Waals surface area contributed by atoms with Gasteiger partial charge in [0.15, 0.2) is 5.75 Å². The first kappa shape index (κ1) is 22.8. The molecular weight excluding hydrogens is 412 g/mol. The van der Waals surface area contributed by atoms with Gasteiger partial charge in [-0.3, -0.25) is 19.2 Å². The van der Waals surface area contributed by atoms with Crippen molar-refractivity contribution in [3.05, 3.63) is 63.2 Å². The van der Waals surface area contributed by atoms with Crippen molar-refractivity contribution in [2.45, 2.75) is 13.8 Å². The summed E-state index contributed by atoms with van der Waals surface area (Å²) in [6.07, 6.45) is 2.24. The number of hydrogen-bond acceptors (Lipinski definition) is 7. The van der Waals surface area contributed by atoms with Crippen molar-refractivity contribution in [1.82, 2.24) is 5.43 Å².